The monoisotopic (exact) mass is 471 g/mol. The first kappa shape index (κ1) is 20.3. The molecule has 0 aromatic heterocycles. The first-order chi connectivity index (χ1) is 13.9. The maximum Gasteiger partial charge on any atom is 0.243 e. The molecule has 0 unspecified atom stereocenters. The average molecular weight is 472 g/mol. The van der Waals surface area contributed by atoms with Crippen molar-refractivity contribution in [2.45, 2.75) is 29.4 Å². The lowest BCUT2D eigenvalue weighted by molar-refractivity contribution is 0.0204. The van der Waals surface area contributed by atoms with Gasteiger partial charge in [0.05, 0.1) is 10.9 Å². The van der Waals surface area contributed by atoms with Gasteiger partial charge in [-0.05, 0) is 48.2 Å². The molecule has 1 N–H and O–H groups in total. The van der Waals surface area contributed by atoms with Gasteiger partial charge in [-0.25, -0.2) is 8.42 Å². The van der Waals surface area contributed by atoms with Crippen molar-refractivity contribution >= 4 is 26.0 Å². The number of rotatable bonds is 5. The van der Waals surface area contributed by atoms with Gasteiger partial charge in [0.25, 0.3) is 0 Å². The summed E-state index contributed by atoms with van der Waals surface area (Å²) in [6.45, 7) is 0.380. The van der Waals surface area contributed by atoms with Crippen LogP contribution in [-0.4, -0.2) is 30.4 Å². The van der Waals surface area contributed by atoms with Crippen LogP contribution < -0.4 is 0 Å². The van der Waals surface area contributed by atoms with Crippen LogP contribution in [-0.2, 0) is 15.6 Å². The minimum Gasteiger partial charge on any atom is -0.379 e. The van der Waals surface area contributed by atoms with Gasteiger partial charge in [0.15, 0.2) is 0 Å². The average Bonchev–Trinajstić information content (AvgIpc) is 3.26. The molecule has 0 radical (unpaired) electrons. The SMILES string of the molecule is O=S(=O)(c1ccc(Br)cc1)N1CCC[C@H]1C(O)(c1ccccc1)c1ccccc1. The Kier molecular flexibility index (Phi) is 5.62. The number of sulfonamides is 1. The summed E-state index contributed by atoms with van der Waals surface area (Å²) >= 11 is 3.35. The molecule has 1 aliphatic rings. The molecule has 29 heavy (non-hydrogen) atoms. The van der Waals surface area contributed by atoms with Crippen molar-refractivity contribution < 1.29 is 13.5 Å². The Bertz CT molecular complexity index is 1030. The van der Waals surface area contributed by atoms with Gasteiger partial charge in [-0.2, -0.15) is 4.31 Å². The van der Waals surface area contributed by atoms with E-state index >= 15 is 0 Å². The molecule has 4 rings (SSSR count). The van der Waals surface area contributed by atoms with E-state index in [-0.39, 0.29) is 4.90 Å². The molecule has 1 fully saturated rings. The van der Waals surface area contributed by atoms with Crippen LogP contribution in [0.2, 0.25) is 0 Å². The van der Waals surface area contributed by atoms with E-state index in [9.17, 15) is 13.5 Å². The van der Waals surface area contributed by atoms with Crippen LogP contribution in [0.25, 0.3) is 0 Å². The van der Waals surface area contributed by atoms with Gasteiger partial charge < -0.3 is 5.11 Å². The van der Waals surface area contributed by atoms with Crippen molar-refractivity contribution in [3.8, 4) is 0 Å². The first-order valence-corrected chi connectivity index (χ1v) is 11.8. The van der Waals surface area contributed by atoms with Crippen LogP contribution in [0, 0.1) is 0 Å². The molecule has 150 valence electrons. The van der Waals surface area contributed by atoms with Crippen LogP contribution in [0.3, 0.4) is 0 Å². The lowest BCUT2D eigenvalue weighted by atomic mass is 9.79. The van der Waals surface area contributed by atoms with Gasteiger partial charge in [-0.15, -0.1) is 0 Å². The zero-order valence-corrected chi connectivity index (χ0v) is 18.2. The number of hydrogen-bond donors (Lipinski definition) is 1. The predicted molar refractivity (Wildman–Crippen MR) is 117 cm³/mol. The summed E-state index contributed by atoms with van der Waals surface area (Å²) in [5.74, 6) is 0. The summed E-state index contributed by atoms with van der Waals surface area (Å²) in [5, 5.41) is 12.1. The van der Waals surface area contributed by atoms with Crippen LogP contribution in [0.15, 0.2) is 94.3 Å². The maximum atomic E-state index is 13.5. The Balaban J connectivity index is 1.83. The van der Waals surface area contributed by atoms with Crippen molar-refractivity contribution in [2.24, 2.45) is 0 Å². The maximum absolute atomic E-state index is 13.5. The molecule has 1 atom stereocenters. The van der Waals surface area contributed by atoms with Gasteiger partial charge >= 0.3 is 0 Å². The molecule has 4 nitrogen and oxygen atoms in total. The van der Waals surface area contributed by atoms with E-state index in [0.717, 1.165) is 4.47 Å². The first-order valence-electron chi connectivity index (χ1n) is 9.55. The van der Waals surface area contributed by atoms with E-state index in [0.29, 0.717) is 30.5 Å². The fraction of sp³-hybridized carbons (Fsp3) is 0.217. The normalized spacial score (nSPS) is 18.1. The summed E-state index contributed by atoms with van der Waals surface area (Å²) in [6, 6.07) is 24.7. The molecular weight excluding hydrogens is 450 g/mol. The van der Waals surface area contributed by atoms with E-state index in [2.05, 4.69) is 15.9 Å². The van der Waals surface area contributed by atoms with Crippen LogP contribution in [0.5, 0.6) is 0 Å². The van der Waals surface area contributed by atoms with Gasteiger partial charge in [-0.1, -0.05) is 76.6 Å². The molecule has 1 saturated heterocycles. The minimum atomic E-state index is -3.75. The highest BCUT2D eigenvalue weighted by molar-refractivity contribution is 9.10. The van der Waals surface area contributed by atoms with E-state index in [1.807, 2.05) is 60.7 Å². The summed E-state index contributed by atoms with van der Waals surface area (Å²) in [5.41, 5.74) is -0.0650. The largest absolute Gasteiger partial charge is 0.379 e. The zero-order chi connectivity index (χ0) is 20.5. The topological polar surface area (TPSA) is 57.6 Å². The van der Waals surface area contributed by atoms with Crippen molar-refractivity contribution in [3.05, 3.63) is 101 Å². The molecule has 0 aliphatic carbocycles. The van der Waals surface area contributed by atoms with Crippen molar-refractivity contribution in [1.29, 1.82) is 0 Å². The molecule has 0 amide bonds. The van der Waals surface area contributed by atoms with Gasteiger partial charge in [-0.3, -0.25) is 0 Å². The summed E-state index contributed by atoms with van der Waals surface area (Å²) in [7, 11) is -3.75. The molecule has 0 bridgehead atoms. The smallest absolute Gasteiger partial charge is 0.243 e. The molecule has 0 saturated carbocycles. The molecule has 6 heteroatoms. The van der Waals surface area contributed by atoms with Crippen molar-refractivity contribution in [3.63, 3.8) is 0 Å². The van der Waals surface area contributed by atoms with Crippen LogP contribution in [0.4, 0.5) is 0 Å². The third-order valence-electron chi connectivity index (χ3n) is 5.53. The number of halogens is 1. The molecule has 3 aromatic rings. The Labute approximate surface area is 180 Å². The number of aliphatic hydroxyl groups is 1. The molecule has 1 heterocycles. The van der Waals surface area contributed by atoms with Crippen LogP contribution >= 0.6 is 15.9 Å². The molecule has 0 spiro atoms. The second kappa shape index (κ2) is 8.03. The van der Waals surface area contributed by atoms with Gasteiger partial charge in [0.2, 0.25) is 10.0 Å². The third-order valence-corrected chi connectivity index (χ3v) is 7.99. The highest BCUT2D eigenvalue weighted by Gasteiger charge is 2.49. The standard InChI is InChI=1S/C23H22BrNO3S/c24-20-13-15-21(16-14-20)29(27,28)25-17-7-12-22(25)23(26,18-8-3-1-4-9-18)19-10-5-2-6-11-19/h1-6,8-11,13-16,22,26H,7,12,17H2/t22-/m0/s1. The third kappa shape index (κ3) is 3.66. The number of benzene rings is 3. The van der Waals surface area contributed by atoms with E-state index in [1.165, 1.54) is 4.31 Å². The van der Waals surface area contributed by atoms with Crippen LogP contribution in [0.1, 0.15) is 24.0 Å². The zero-order valence-electron chi connectivity index (χ0n) is 15.8. The van der Waals surface area contributed by atoms with Gasteiger partial charge in [0.1, 0.15) is 5.60 Å². The summed E-state index contributed by atoms with van der Waals surface area (Å²) < 4.78 is 29.2. The molecule has 1 aliphatic heterocycles. The highest BCUT2D eigenvalue weighted by atomic mass is 79.9. The van der Waals surface area contributed by atoms with E-state index in [1.54, 1.807) is 24.3 Å². The number of nitrogens with zero attached hydrogens (tertiary/aromatic N) is 1. The fourth-order valence-electron chi connectivity index (χ4n) is 4.12. The Morgan fingerprint density at radius 3 is 1.90 bits per heavy atom. The Morgan fingerprint density at radius 1 is 0.862 bits per heavy atom. The van der Waals surface area contributed by atoms with Crippen molar-refractivity contribution in [2.75, 3.05) is 6.54 Å². The fourth-order valence-corrected chi connectivity index (χ4v) is 6.10. The lowest BCUT2D eigenvalue weighted by Gasteiger charge is -2.39. The molecule has 3 aromatic carbocycles. The summed E-state index contributed by atoms with van der Waals surface area (Å²) in [6.07, 6.45) is 1.28. The second-order valence-electron chi connectivity index (χ2n) is 7.23. The summed E-state index contributed by atoms with van der Waals surface area (Å²) in [4.78, 5) is 0.232. The van der Waals surface area contributed by atoms with E-state index < -0.39 is 21.7 Å². The number of hydrogen-bond acceptors (Lipinski definition) is 3. The second-order valence-corrected chi connectivity index (χ2v) is 10.0. The molecular formula is C23H22BrNO3S. The Hall–Kier alpha value is -1.99. The minimum absolute atomic E-state index is 0.232. The van der Waals surface area contributed by atoms with Crippen molar-refractivity contribution in [1.82, 2.24) is 4.31 Å². The van der Waals surface area contributed by atoms with Gasteiger partial charge in [0, 0.05) is 11.0 Å². The highest BCUT2D eigenvalue weighted by Crippen LogP contribution is 2.42. The predicted octanol–water partition coefficient (Wildman–Crippen LogP) is 4.54. The Morgan fingerprint density at radius 2 is 1.38 bits per heavy atom. The van der Waals surface area contributed by atoms with E-state index in [4.69, 9.17) is 0 Å². The lowest BCUT2D eigenvalue weighted by Crippen LogP contribution is -2.50. The quantitative estimate of drug-likeness (QED) is 0.594.